The lowest BCUT2D eigenvalue weighted by molar-refractivity contribution is 0.0947. The monoisotopic (exact) mass is 437 g/mol. The average molecular weight is 438 g/mol. The van der Waals surface area contributed by atoms with Crippen LogP contribution in [0.3, 0.4) is 0 Å². The number of benzene rings is 1. The molecule has 3 N–H and O–H groups in total. The summed E-state index contributed by atoms with van der Waals surface area (Å²) in [6.45, 7) is 6.66. The zero-order valence-electron chi connectivity index (χ0n) is 18.2. The van der Waals surface area contributed by atoms with Crippen molar-refractivity contribution in [1.29, 1.82) is 0 Å². The third kappa shape index (κ3) is 4.83. The summed E-state index contributed by atoms with van der Waals surface area (Å²) in [6.07, 6.45) is 4.75. The van der Waals surface area contributed by atoms with Gasteiger partial charge >= 0.3 is 0 Å². The molecule has 0 bridgehead atoms. The van der Waals surface area contributed by atoms with E-state index in [0.717, 1.165) is 37.9 Å². The minimum atomic E-state index is -0.465. The van der Waals surface area contributed by atoms with Crippen LogP contribution in [0.15, 0.2) is 34.0 Å². The molecule has 0 atom stereocenters. The van der Waals surface area contributed by atoms with Gasteiger partial charge in [0, 0.05) is 6.54 Å². The molecule has 0 saturated carbocycles. The highest BCUT2D eigenvalue weighted by molar-refractivity contribution is 5.94. The zero-order valence-corrected chi connectivity index (χ0v) is 18.2. The molecule has 1 fully saturated rings. The van der Waals surface area contributed by atoms with E-state index in [-0.39, 0.29) is 17.3 Å². The molecule has 2 aromatic heterocycles. The Morgan fingerprint density at radius 1 is 1.28 bits per heavy atom. The van der Waals surface area contributed by atoms with Gasteiger partial charge in [0.25, 0.3) is 5.91 Å². The first-order valence-corrected chi connectivity index (χ1v) is 10.7. The van der Waals surface area contributed by atoms with Crippen molar-refractivity contribution in [2.75, 3.05) is 18.8 Å². The summed E-state index contributed by atoms with van der Waals surface area (Å²) in [7, 11) is 0. The maximum absolute atomic E-state index is 12.9. The maximum atomic E-state index is 12.9. The smallest absolute Gasteiger partial charge is 0.293 e. The van der Waals surface area contributed by atoms with Crippen LogP contribution in [-0.2, 0) is 13.0 Å². The molecule has 0 spiro atoms. The normalized spacial score (nSPS) is 15.4. The summed E-state index contributed by atoms with van der Waals surface area (Å²) in [6, 6.07) is 7.97. The summed E-state index contributed by atoms with van der Waals surface area (Å²) in [5.41, 5.74) is 11.2. The van der Waals surface area contributed by atoms with Crippen LogP contribution in [0, 0.1) is 5.92 Å². The third-order valence-electron chi connectivity index (χ3n) is 5.69. The van der Waals surface area contributed by atoms with E-state index in [4.69, 9.17) is 10.4 Å². The fourth-order valence-corrected chi connectivity index (χ4v) is 3.62. The minimum absolute atomic E-state index is 0.0731. The molecule has 3 heterocycles. The summed E-state index contributed by atoms with van der Waals surface area (Å²) < 4.78 is 6.12. The van der Waals surface area contributed by atoms with E-state index >= 15 is 0 Å². The molecule has 1 saturated heterocycles. The highest BCUT2D eigenvalue weighted by Gasteiger charge is 2.26. The Labute approximate surface area is 185 Å². The van der Waals surface area contributed by atoms with Crippen molar-refractivity contribution in [3.8, 4) is 5.82 Å². The molecule has 0 radical (unpaired) electrons. The largest absolute Gasteiger partial charge is 0.378 e. The summed E-state index contributed by atoms with van der Waals surface area (Å²) >= 11 is 0. The Hall–Kier alpha value is -3.60. The minimum Gasteiger partial charge on any atom is -0.378 e. The molecule has 3 aromatic rings. The predicted molar refractivity (Wildman–Crippen MR) is 118 cm³/mol. The number of anilines is 1. The number of likely N-dealkylation sites (tertiary alicyclic amines) is 1. The van der Waals surface area contributed by atoms with Crippen LogP contribution in [-0.4, -0.2) is 55.4 Å². The van der Waals surface area contributed by atoms with Crippen molar-refractivity contribution in [2.45, 2.75) is 39.7 Å². The molecule has 1 aromatic carbocycles. The number of rotatable bonds is 7. The lowest BCUT2D eigenvalue weighted by Crippen LogP contribution is -2.34. The van der Waals surface area contributed by atoms with Crippen LogP contribution < -0.4 is 11.2 Å². The van der Waals surface area contributed by atoms with Gasteiger partial charge in [-0.2, -0.15) is 9.78 Å². The maximum Gasteiger partial charge on any atom is 0.293 e. The van der Waals surface area contributed by atoms with Gasteiger partial charge in [-0.1, -0.05) is 43.3 Å². The number of hydrazone groups is 1. The van der Waals surface area contributed by atoms with Crippen molar-refractivity contribution < 1.29 is 9.42 Å². The van der Waals surface area contributed by atoms with Crippen LogP contribution in [0.2, 0.25) is 0 Å². The van der Waals surface area contributed by atoms with Crippen molar-refractivity contribution in [3.05, 3.63) is 46.8 Å². The van der Waals surface area contributed by atoms with Crippen LogP contribution in [0.5, 0.6) is 0 Å². The number of nitrogens with two attached hydrogens (primary N) is 1. The molecule has 1 amide bonds. The van der Waals surface area contributed by atoms with Crippen molar-refractivity contribution in [3.63, 3.8) is 0 Å². The first-order valence-electron chi connectivity index (χ1n) is 10.7. The fraction of sp³-hybridized carbons (Fsp3) is 0.429. The van der Waals surface area contributed by atoms with E-state index in [2.05, 4.69) is 49.9 Å². The number of amides is 1. The molecular formula is C21H27N9O2. The quantitative estimate of drug-likeness (QED) is 0.421. The Morgan fingerprint density at radius 2 is 2.03 bits per heavy atom. The van der Waals surface area contributed by atoms with Gasteiger partial charge in [-0.15, -0.1) is 5.10 Å². The molecule has 168 valence electrons. The number of carbonyl (C=O) groups is 1. The lowest BCUT2D eigenvalue weighted by atomic mass is 9.99. The van der Waals surface area contributed by atoms with E-state index in [1.807, 2.05) is 24.3 Å². The van der Waals surface area contributed by atoms with Crippen molar-refractivity contribution in [1.82, 2.24) is 35.6 Å². The van der Waals surface area contributed by atoms with Crippen LogP contribution >= 0.6 is 0 Å². The van der Waals surface area contributed by atoms with E-state index in [1.54, 1.807) is 6.21 Å². The molecule has 0 aliphatic carbocycles. The molecule has 1 aliphatic heterocycles. The van der Waals surface area contributed by atoms with Gasteiger partial charge in [-0.3, -0.25) is 9.69 Å². The molecule has 11 nitrogen and oxygen atoms in total. The number of piperidine rings is 1. The first kappa shape index (κ1) is 21.6. The zero-order chi connectivity index (χ0) is 22.5. The standard InChI is InChI=1S/C21H27N9O2/c1-3-15-4-6-16(7-5-15)12-23-25-21(31)18-17(13-29-10-8-14(2)9-11-29)30(28-24-18)20-19(22)26-32-27-20/h4-7,12,14H,3,8-11,13H2,1-2H3,(H2,22,26)(H,25,31). The Morgan fingerprint density at radius 3 is 2.69 bits per heavy atom. The van der Waals surface area contributed by atoms with E-state index in [9.17, 15) is 4.79 Å². The fourth-order valence-electron chi connectivity index (χ4n) is 3.62. The summed E-state index contributed by atoms with van der Waals surface area (Å²) in [4.78, 5) is 15.1. The number of nitrogens with zero attached hydrogens (tertiary/aromatic N) is 7. The number of nitrogens with one attached hydrogen (secondary N) is 1. The number of hydrogen-bond donors (Lipinski definition) is 2. The van der Waals surface area contributed by atoms with Gasteiger partial charge in [0.05, 0.1) is 11.9 Å². The average Bonchev–Trinajstić information content (AvgIpc) is 3.41. The van der Waals surface area contributed by atoms with Crippen molar-refractivity contribution >= 4 is 17.9 Å². The Kier molecular flexibility index (Phi) is 6.55. The van der Waals surface area contributed by atoms with Gasteiger partial charge in [0.1, 0.15) is 0 Å². The first-order chi connectivity index (χ1) is 15.5. The second-order valence-corrected chi connectivity index (χ2v) is 8.02. The molecule has 32 heavy (non-hydrogen) atoms. The predicted octanol–water partition coefficient (Wildman–Crippen LogP) is 1.79. The van der Waals surface area contributed by atoms with E-state index < -0.39 is 5.91 Å². The highest BCUT2D eigenvalue weighted by atomic mass is 16.6. The van der Waals surface area contributed by atoms with Crippen LogP contribution in [0.25, 0.3) is 5.82 Å². The Balaban J connectivity index is 1.53. The summed E-state index contributed by atoms with van der Waals surface area (Å²) in [5.74, 6) is 0.501. The SMILES string of the molecule is CCc1ccc(C=NNC(=O)c2nnn(-c3nonc3N)c2CN2CCC(C)CC2)cc1. The number of carbonyl (C=O) groups excluding carboxylic acids is 1. The molecule has 0 unspecified atom stereocenters. The molecule has 1 aliphatic rings. The Bertz CT molecular complexity index is 1080. The number of aryl methyl sites for hydroxylation is 1. The van der Waals surface area contributed by atoms with Gasteiger partial charge in [-0.25, -0.2) is 10.1 Å². The highest BCUT2D eigenvalue weighted by Crippen LogP contribution is 2.21. The molecule has 4 rings (SSSR count). The van der Waals surface area contributed by atoms with E-state index in [0.29, 0.717) is 18.2 Å². The van der Waals surface area contributed by atoms with Gasteiger partial charge < -0.3 is 5.73 Å². The van der Waals surface area contributed by atoms with E-state index in [1.165, 1.54) is 10.2 Å². The second kappa shape index (κ2) is 9.69. The molecule has 11 heteroatoms. The van der Waals surface area contributed by atoms with Crippen LogP contribution in [0.4, 0.5) is 5.82 Å². The van der Waals surface area contributed by atoms with Crippen molar-refractivity contribution in [2.24, 2.45) is 11.0 Å². The second-order valence-electron chi connectivity index (χ2n) is 8.02. The molecular weight excluding hydrogens is 410 g/mol. The van der Waals surface area contributed by atoms with Gasteiger partial charge in [0.2, 0.25) is 11.6 Å². The number of nitrogen functional groups attached to an aromatic ring is 1. The van der Waals surface area contributed by atoms with Gasteiger partial charge in [0.15, 0.2) is 5.69 Å². The topological polar surface area (TPSA) is 140 Å². The lowest BCUT2D eigenvalue weighted by Gasteiger charge is -2.30. The number of aromatic nitrogens is 5. The van der Waals surface area contributed by atoms with Crippen LogP contribution in [0.1, 0.15) is 54.0 Å². The van der Waals surface area contributed by atoms with Gasteiger partial charge in [-0.05, 0) is 59.7 Å². The number of hydrogen-bond acceptors (Lipinski definition) is 9. The third-order valence-corrected chi connectivity index (χ3v) is 5.69. The summed E-state index contributed by atoms with van der Waals surface area (Å²) in [5, 5.41) is 19.7.